The Morgan fingerprint density at radius 1 is 1.29 bits per heavy atom. The lowest BCUT2D eigenvalue weighted by atomic mass is 10.1. The summed E-state index contributed by atoms with van der Waals surface area (Å²) in [5.74, 6) is -0.364. The van der Waals surface area contributed by atoms with Gasteiger partial charge in [-0.15, -0.1) is 0 Å². The van der Waals surface area contributed by atoms with Gasteiger partial charge in [0.25, 0.3) is 5.56 Å². The topological polar surface area (TPSA) is 78.7 Å². The van der Waals surface area contributed by atoms with Gasteiger partial charge in [0.05, 0.1) is 12.7 Å². The van der Waals surface area contributed by atoms with Crippen LogP contribution in [0.2, 0.25) is 0 Å². The minimum Gasteiger partial charge on any atom is -0.326 e. The number of hydrogen-bond donors (Lipinski definition) is 1. The Labute approximate surface area is 119 Å². The number of aromatic nitrogens is 4. The van der Waals surface area contributed by atoms with Gasteiger partial charge in [-0.25, -0.2) is 9.37 Å². The summed E-state index contributed by atoms with van der Waals surface area (Å²) in [6, 6.07) is 4.55. The van der Waals surface area contributed by atoms with Gasteiger partial charge in [0.2, 0.25) is 0 Å². The van der Waals surface area contributed by atoms with E-state index < -0.39 is 0 Å². The number of benzene rings is 1. The number of fused-ring (bicyclic) bond motifs is 1. The van der Waals surface area contributed by atoms with E-state index in [9.17, 15) is 9.18 Å². The average Bonchev–Trinajstić information content (AvgIpc) is 2.83. The first kappa shape index (κ1) is 13.4. The van der Waals surface area contributed by atoms with E-state index in [4.69, 9.17) is 5.73 Å². The molecule has 6 nitrogen and oxygen atoms in total. The van der Waals surface area contributed by atoms with E-state index >= 15 is 0 Å². The summed E-state index contributed by atoms with van der Waals surface area (Å²) in [6.45, 7) is 0.487. The number of nitrogens with zero attached hydrogens (tertiary/aromatic N) is 4. The molecular weight excluding hydrogens is 273 g/mol. The van der Waals surface area contributed by atoms with Crippen LogP contribution >= 0.6 is 0 Å². The van der Waals surface area contributed by atoms with Crippen molar-refractivity contribution in [3.63, 3.8) is 0 Å². The van der Waals surface area contributed by atoms with Crippen molar-refractivity contribution in [3.05, 3.63) is 58.0 Å². The summed E-state index contributed by atoms with van der Waals surface area (Å²) < 4.78 is 16.5. The van der Waals surface area contributed by atoms with Crippen molar-refractivity contribution in [1.29, 1.82) is 0 Å². The maximum Gasteiger partial charge on any atom is 0.264 e. The highest BCUT2D eigenvalue weighted by Crippen LogP contribution is 2.11. The molecule has 0 spiro atoms. The normalized spacial score (nSPS) is 11.2. The van der Waals surface area contributed by atoms with Crippen LogP contribution in [0.5, 0.6) is 0 Å². The quantitative estimate of drug-likeness (QED) is 0.772. The van der Waals surface area contributed by atoms with Crippen LogP contribution in [-0.4, -0.2) is 19.3 Å². The predicted octanol–water partition coefficient (Wildman–Crippen LogP) is 0.776. The summed E-state index contributed by atoms with van der Waals surface area (Å²) in [5.41, 5.74) is 7.21. The van der Waals surface area contributed by atoms with E-state index in [0.29, 0.717) is 22.2 Å². The van der Waals surface area contributed by atoms with Gasteiger partial charge >= 0.3 is 0 Å². The fraction of sp³-hybridized carbons (Fsp3) is 0.214. The number of hydrogen-bond acceptors (Lipinski definition) is 4. The van der Waals surface area contributed by atoms with E-state index in [2.05, 4.69) is 10.1 Å². The van der Waals surface area contributed by atoms with Crippen LogP contribution in [0.3, 0.4) is 0 Å². The molecule has 108 valence electrons. The Bertz CT molecular complexity index is 867. The van der Waals surface area contributed by atoms with Gasteiger partial charge in [-0.3, -0.25) is 14.0 Å². The zero-order chi connectivity index (χ0) is 15.0. The molecule has 0 amide bonds. The minimum absolute atomic E-state index is 0.202. The van der Waals surface area contributed by atoms with Crippen LogP contribution in [0.4, 0.5) is 4.39 Å². The molecule has 0 radical (unpaired) electrons. The molecule has 0 fully saturated rings. The zero-order valence-corrected chi connectivity index (χ0v) is 11.5. The molecule has 0 saturated carbocycles. The van der Waals surface area contributed by atoms with Crippen LogP contribution in [0, 0.1) is 5.82 Å². The Kier molecular flexibility index (Phi) is 3.26. The van der Waals surface area contributed by atoms with Gasteiger partial charge < -0.3 is 5.73 Å². The average molecular weight is 287 g/mol. The van der Waals surface area contributed by atoms with Gasteiger partial charge in [0.15, 0.2) is 5.65 Å². The van der Waals surface area contributed by atoms with E-state index in [1.165, 1.54) is 33.9 Å². The SMILES string of the molecule is Cn1ncc2c(=O)n(Cc3cc(F)cc(CN)c3)cnc21. The van der Waals surface area contributed by atoms with Crippen molar-refractivity contribution in [2.75, 3.05) is 0 Å². The van der Waals surface area contributed by atoms with Crippen molar-refractivity contribution >= 4 is 11.0 Å². The van der Waals surface area contributed by atoms with E-state index in [0.717, 1.165) is 0 Å². The molecular formula is C14H14FN5O. The Hall–Kier alpha value is -2.54. The Morgan fingerprint density at radius 2 is 2.05 bits per heavy atom. The molecule has 3 aromatic rings. The molecule has 1 aromatic carbocycles. The number of rotatable bonds is 3. The number of aryl methyl sites for hydroxylation is 1. The van der Waals surface area contributed by atoms with Gasteiger partial charge in [0, 0.05) is 13.6 Å². The van der Waals surface area contributed by atoms with Crippen LogP contribution in [0.1, 0.15) is 11.1 Å². The summed E-state index contributed by atoms with van der Waals surface area (Å²) in [6.07, 6.45) is 2.93. The Morgan fingerprint density at radius 3 is 2.81 bits per heavy atom. The first-order valence-corrected chi connectivity index (χ1v) is 6.44. The lowest BCUT2D eigenvalue weighted by Gasteiger charge is -2.07. The highest BCUT2D eigenvalue weighted by Gasteiger charge is 2.09. The fourth-order valence-electron chi connectivity index (χ4n) is 2.30. The summed E-state index contributed by atoms with van der Waals surface area (Å²) >= 11 is 0. The molecule has 0 aliphatic heterocycles. The number of nitrogens with two attached hydrogens (primary N) is 1. The number of halogens is 1. The molecule has 0 aliphatic carbocycles. The fourth-order valence-corrected chi connectivity index (χ4v) is 2.30. The van der Waals surface area contributed by atoms with Crippen molar-refractivity contribution in [2.45, 2.75) is 13.1 Å². The molecule has 0 unspecified atom stereocenters. The van der Waals surface area contributed by atoms with E-state index in [1.807, 2.05) is 0 Å². The lowest BCUT2D eigenvalue weighted by molar-refractivity contribution is 0.619. The second-order valence-corrected chi connectivity index (χ2v) is 4.85. The monoisotopic (exact) mass is 287 g/mol. The minimum atomic E-state index is -0.364. The van der Waals surface area contributed by atoms with E-state index in [1.54, 1.807) is 13.1 Å². The van der Waals surface area contributed by atoms with Crippen molar-refractivity contribution < 1.29 is 4.39 Å². The molecule has 21 heavy (non-hydrogen) atoms. The lowest BCUT2D eigenvalue weighted by Crippen LogP contribution is -2.21. The van der Waals surface area contributed by atoms with Crippen molar-refractivity contribution in [3.8, 4) is 0 Å². The molecule has 0 atom stereocenters. The molecule has 0 bridgehead atoms. The van der Waals surface area contributed by atoms with Gasteiger partial charge in [-0.2, -0.15) is 5.10 Å². The predicted molar refractivity (Wildman–Crippen MR) is 76.2 cm³/mol. The van der Waals surface area contributed by atoms with Crippen LogP contribution in [0.15, 0.2) is 35.5 Å². The van der Waals surface area contributed by atoms with Crippen molar-refractivity contribution in [2.24, 2.45) is 12.8 Å². The summed E-state index contributed by atoms with van der Waals surface area (Å²) in [5, 5.41) is 4.45. The summed E-state index contributed by atoms with van der Waals surface area (Å²) in [4.78, 5) is 16.5. The molecule has 2 aromatic heterocycles. The second-order valence-electron chi connectivity index (χ2n) is 4.85. The van der Waals surface area contributed by atoms with Gasteiger partial charge in [0.1, 0.15) is 17.5 Å². The highest BCUT2D eigenvalue weighted by atomic mass is 19.1. The highest BCUT2D eigenvalue weighted by molar-refractivity contribution is 5.72. The molecule has 3 rings (SSSR count). The van der Waals surface area contributed by atoms with Crippen LogP contribution in [-0.2, 0) is 20.1 Å². The maximum atomic E-state index is 13.5. The molecule has 2 heterocycles. The first-order chi connectivity index (χ1) is 10.1. The zero-order valence-electron chi connectivity index (χ0n) is 11.5. The maximum absolute atomic E-state index is 13.5. The van der Waals surface area contributed by atoms with Crippen LogP contribution in [0.25, 0.3) is 11.0 Å². The third-order valence-corrected chi connectivity index (χ3v) is 3.32. The first-order valence-electron chi connectivity index (χ1n) is 6.44. The molecule has 0 saturated heterocycles. The van der Waals surface area contributed by atoms with Crippen molar-refractivity contribution in [1.82, 2.24) is 19.3 Å². The van der Waals surface area contributed by atoms with Crippen LogP contribution < -0.4 is 11.3 Å². The molecule has 7 heteroatoms. The third-order valence-electron chi connectivity index (χ3n) is 3.32. The molecule has 0 aliphatic rings. The third kappa shape index (κ3) is 2.43. The van der Waals surface area contributed by atoms with E-state index in [-0.39, 0.29) is 24.5 Å². The Balaban J connectivity index is 2.04. The molecule has 2 N–H and O–H groups in total. The van der Waals surface area contributed by atoms with Gasteiger partial charge in [-0.05, 0) is 23.3 Å². The largest absolute Gasteiger partial charge is 0.326 e. The second kappa shape index (κ2) is 5.10. The standard InChI is InChI=1S/C14H14FN5O/c1-19-13-12(6-18-19)14(21)20(8-17-13)7-10-2-9(5-16)3-11(15)4-10/h2-4,6,8H,5,7,16H2,1H3. The summed E-state index contributed by atoms with van der Waals surface area (Å²) in [7, 11) is 1.72. The smallest absolute Gasteiger partial charge is 0.264 e. The van der Waals surface area contributed by atoms with Gasteiger partial charge in [-0.1, -0.05) is 6.07 Å².